The Morgan fingerprint density at radius 3 is 2.95 bits per heavy atom. The zero-order valence-electron chi connectivity index (χ0n) is 11.5. The molecule has 1 saturated heterocycles. The highest BCUT2D eigenvalue weighted by Gasteiger charge is 2.31. The molecule has 2 atom stereocenters. The Labute approximate surface area is 115 Å². The molecule has 2 unspecified atom stereocenters. The lowest BCUT2D eigenvalue weighted by atomic mass is 9.98. The molecule has 1 aromatic heterocycles. The van der Waals surface area contributed by atoms with Gasteiger partial charge in [-0.05, 0) is 31.6 Å². The summed E-state index contributed by atoms with van der Waals surface area (Å²) in [5.74, 6) is 1.90. The number of hydrogen-bond acceptors (Lipinski definition) is 3. The lowest BCUT2D eigenvalue weighted by Crippen LogP contribution is -2.31. The van der Waals surface area contributed by atoms with Gasteiger partial charge in [0.05, 0.1) is 11.0 Å². The van der Waals surface area contributed by atoms with Gasteiger partial charge in [0.2, 0.25) is 0 Å². The zero-order chi connectivity index (χ0) is 13.5. The van der Waals surface area contributed by atoms with E-state index in [0.717, 1.165) is 31.6 Å². The van der Waals surface area contributed by atoms with Gasteiger partial charge in [-0.25, -0.2) is 13.4 Å². The van der Waals surface area contributed by atoms with Crippen LogP contribution in [0.2, 0.25) is 0 Å². The summed E-state index contributed by atoms with van der Waals surface area (Å²) in [5.41, 5.74) is 1.29. The summed E-state index contributed by atoms with van der Waals surface area (Å²) >= 11 is 0. The topological polar surface area (TPSA) is 52.0 Å². The minimum Gasteiger partial charge on any atom is -0.332 e. The molecular formula is C14H22N2O2S. The van der Waals surface area contributed by atoms with E-state index in [2.05, 4.69) is 16.5 Å². The molecule has 1 aromatic rings. The molecule has 106 valence electrons. The van der Waals surface area contributed by atoms with Gasteiger partial charge in [0.1, 0.15) is 5.82 Å². The van der Waals surface area contributed by atoms with Crippen molar-refractivity contribution in [2.45, 2.75) is 63.2 Å². The van der Waals surface area contributed by atoms with Crippen LogP contribution in [0.25, 0.3) is 0 Å². The van der Waals surface area contributed by atoms with E-state index in [1.165, 1.54) is 18.5 Å². The quantitative estimate of drug-likeness (QED) is 0.836. The van der Waals surface area contributed by atoms with E-state index in [0.29, 0.717) is 18.1 Å². The number of hydrogen-bond donors (Lipinski definition) is 0. The minimum atomic E-state index is -2.89. The fourth-order valence-electron chi connectivity index (χ4n) is 3.40. The first-order valence-corrected chi connectivity index (χ1v) is 9.05. The third kappa shape index (κ3) is 2.45. The van der Waals surface area contributed by atoms with Crippen LogP contribution in [-0.4, -0.2) is 29.0 Å². The van der Waals surface area contributed by atoms with E-state index in [1.54, 1.807) is 0 Å². The highest BCUT2D eigenvalue weighted by Crippen LogP contribution is 2.29. The molecule has 0 saturated carbocycles. The molecule has 0 aromatic carbocycles. The van der Waals surface area contributed by atoms with Crippen molar-refractivity contribution in [2.75, 3.05) is 5.75 Å². The Hall–Kier alpha value is -0.840. The molecule has 0 spiro atoms. The molecule has 19 heavy (non-hydrogen) atoms. The van der Waals surface area contributed by atoms with Crippen LogP contribution in [0.3, 0.4) is 0 Å². The van der Waals surface area contributed by atoms with Gasteiger partial charge in [0.15, 0.2) is 9.84 Å². The van der Waals surface area contributed by atoms with E-state index < -0.39 is 9.84 Å². The summed E-state index contributed by atoms with van der Waals surface area (Å²) in [4.78, 5) is 4.51. The molecule has 4 nitrogen and oxygen atoms in total. The van der Waals surface area contributed by atoms with Gasteiger partial charge in [-0.15, -0.1) is 0 Å². The Bertz CT molecular complexity index is 562. The van der Waals surface area contributed by atoms with Crippen molar-refractivity contribution in [1.29, 1.82) is 0 Å². The predicted octanol–water partition coefficient (Wildman–Crippen LogP) is 2.29. The second-order valence-electron chi connectivity index (χ2n) is 5.98. The van der Waals surface area contributed by atoms with Crippen LogP contribution >= 0.6 is 0 Å². The minimum absolute atomic E-state index is 0.204. The number of sulfone groups is 1. The molecule has 1 fully saturated rings. The number of aromatic nitrogens is 2. The van der Waals surface area contributed by atoms with Crippen molar-refractivity contribution in [3.63, 3.8) is 0 Å². The fraction of sp³-hybridized carbons (Fsp3) is 0.786. The number of imidazole rings is 1. The van der Waals surface area contributed by atoms with E-state index in [1.807, 2.05) is 6.20 Å². The van der Waals surface area contributed by atoms with E-state index in [9.17, 15) is 8.42 Å². The summed E-state index contributed by atoms with van der Waals surface area (Å²) in [5, 5.41) is -0.204. The average Bonchev–Trinajstić information content (AvgIpc) is 2.77. The van der Waals surface area contributed by atoms with Crippen molar-refractivity contribution in [1.82, 2.24) is 9.55 Å². The molecule has 5 heteroatoms. The maximum absolute atomic E-state index is 12.1. The Kier molecular flexibility index (Phi) is 3.41. The fourth-order valence-corrected chi connectivity index (χ4v) is 5.27. The summed E-state index contributed by atoms with van der Waals surface area (Å²) in [6, 6.07) is 0. The van der Waals surface area contributed by atoms with Crippen molar-refractivity contribution in [2.24, 2.45) is 0 Å². The maximum Gasteiger partial charge on any atom is 0.153 e. The zero-order valence-corrected chi connectivity index (χ0v) is 12.3. The Morgan fingerprint density at radius 2 is 2.16 bits per heavy atom. The van der Waals surface area contributed by atoms with Crippen LogP contribution in [0.15, 0.2) is 6.20 Å². The van der Waals surface area contributed by atoms with Gasteiger partial charge in [-0.2, -0.15) is 0 Å². The van der Waals surface area contributed by atoms with Crippen molar-refractivity contribution in [3.05, 3.63) is 17.7 Å². The van der Waals surface area contributed by atoms with E-state index in [-0.39, 0.29) is 5.25 Å². The van der Waals surface area contributed by atoms with Crippen LogP contribution in [-0.2, 0) is 22.8 Å². The number of nitrogens with zero attached hydrogens (tertiary/aromatic N) is 2. The Balaban J connectivity index is 1.84. The van der Waals surface area contributed by atoms with Crippen LogP contribution in [0.5, 0.6) is 0 Å². The van der Waals surface area contributed by atoms with Gasteiger partial charge in [-0.1, -0.05) is 13.3 Å². The highest BCUT2D eigenvalue weighted by atomic mass is 32.2. The Morgan fingerprint density at radius 1 is 1.32 bits per heavy atom. The lowest BCUT2D eigenvalue weighted by Gasteiger charge is -2.25. The molecule has 0 N–H and O–H groups in total. The molecule has 3 heterocycles. The van der Waals surface area contributed by atoms with Crippen molar-refractivity contribution < 1.29 is 8.42 Å². The van der Waals surface area contributed by atoms with Gasteiger partial charge in [0, 0.05) is 24.9 Å². The predicted molar refractivity (Wildman–Crippen MR) is 75.0 cm³/mol. The normalized spacial score (nSPS) is 29.9. The molecular weight excluding hydrogens is 260 g/mol. The smallest absolute Gasteiger partial charge is 0.153 e. The first-order valence-electron chi connectivity index (χ1n) is 7.34. The largest absolute Gasteiger partial charge is 0.332 e. The lowest BCUT2D eigenvalue weighted by molar-refractivity contribution is 0.457. The maximum atomic E-state index is 12.1. The second kappa shape index (κ2) is 4.93. The summed E-state index contributed by atoms with van der Waals surface area (Å²) < 4.78 is 26.5. The molecule has 0 bridgehead atoms. The number of rotatable bonds is 2. The molecule has 2 aliphatic heterocycles. The molecule has 0 aliphatic carbocycles. The summed E-state index contributed by atoms with van der Waals surface area (Å²) in [6.07, 6.45) is 7.62. The molecule has 0 radical (unpaired) electrons. The first kappa shape index (κ1) is 13.2. The molecule has 2 aliphatic rings. The van der Waals surface area contributed by atoms with Gasteiger partial charge in [0.25, 0.3) is 0 Å². The first-order chi connectivity index (χ1) is 9.08. The van der Waals surface area contributed by atoms with Crippen molar-refractivity contribution >= 4 is 9.84 Å². The van der Waals surface area contributed by atoms with Crippen LogP contribution in [0.1, 0.15) is 56.5 Å². The van der Waals surface area contributed by atoms with Gasteiger partial charge < -0.3 is 4.57 Å². The van der Waals surface area contributed by atoms with Crippen LogP contribution in [0, 0.1) is 0 Å². The van der Waals surface area contributed by atoms with E-state index in [4.69, 9.17) is 0 Å². The standard InChI is InChI=1S/C14H22N2O2S/c1-11-5-4-7-16-13(11)10-15-14(16)9-12-6-2-3-8-19(12,17)18/h10-12H,2-9H2,1H3. The average molecular weight is 282 g/mol. The van der Waals surface area contributed by atoms with E-state index >= 15 is 0 Å². The summed E-state index contributed by atoms with van der Waals surface area (Å²) in [6.45, 7) is 3.23. The SMILES string of the molecule is CC1CCCn2c1cnc2CC1CCCCS1(=O)=O. The monoisotopic (exact) mass is 282 g/mol. The highest BCUT2D eigenvalue weighted by molar-refractivity contribution is 7.92. The third-order valence-corrected chi connectivity index (χ3v) is 6.89. The van der Waals surface area contributed by atoms with Gasteiger partial charge in [-0.3, -0.25) is 0 Å². The van der Waals surface area contributed by atoms with Crippen molar-refractivity contribution in [3.8, 4) is 0 Å². The summed E-state index contributed by atoms with van der Waals surface area (Å²) in [7, 11) is -2.89. The second-order valence-corrected chi connectivity index (χ2v) is 8.38. The van der Waals surface area contributed by atoms with Crippen LogP contribution in [0.4, 0.5) is 0 Å². The van der Waals surface area contributed by atoms with Gasteiger partial charge >= 0.3 is 0 Å². The third-order valence-electron chi connectivity index (χ3n) is 4.62. The molecule has 3 rings (SSSR count). The molecule has 0 amide bonds. The number of fused-ring (bicyclic) bond motifs is 1. The van der Waals surface area contributed by atoms with Crippen LogP contribution < -0.4 is 0 Å².